The summed E-state index contributed by atoms with van der Waals surface area (Å²) in [5.74, 6) is 0.663. The van der Waals surface area contributed by atoms with E-state index in [0.29, 0.717) is 16.9 Å². The van der Waals surface area contributed by atoms with Gasteiger partial charge in [0.25, 0.3) is 0 Å². The van der Waals surface area contributed by atoms with Crippen molar-refractivity contribution in [2.24, 2.45) is 0 Å². The number of nitrogens with zero attached hydrogens (tertiary/aromatic N) is 1. The second-order valence-corrected chi connectivity index (χ2v) is 5.05. The van der Waals surface area contributed by atoms with Crippen molar-refractivity contribution in [3.8, 4) is 0 Å². The molecule has 3 heteroatoms. The lowest BCUT2D eigenvalue weighted by Crippen LogP contribution is -2.17. The molecule has 1 atom stereocenters. The third kappa shape index (κ3) is 3.23. The Morgan fingerprint density at radius 2 is 1.95 bits per heavy atom. The molecule has 0 aliphatic rings. The SMILES string of the molecule is CCC(C)Nc1ncccc1C(=O)c1ccc(C)cc1. The first-order valence-corrected chi connectivity index (χ1v) is 6.94. The van der Waals surface area contributed by atoms with Crippen LogP contribution in [0, 0.1) is 6.92 Å². The maximum absolute atomic E-state index is 12.6. The number of nitrogens with one attached hydrogen (secondary N) is 1. The molecule has 0 aliphatic carbocycles. The number of ketones is 1. The third-order valence-electron chi connectivity index (χ3n) is 3.36. The molecule has 0 saturated heterocycles. The number of anilines is 1. The number of aromatic nitrogens is 1. The number of benzene rings is 1. The summed E-state index contributed by atoms with van der Waals surface area (Å²) in [6.45, 7) is 6.19. The zero-order valence-electron chi connectivity index (χ0n) is 12.2. The van der Waals surface area contributed by atoms with Gasteiger partial charge in [-0.15, -0.1) is 0 Å². The zero-order chi connectivity index (χ0) is 14.5. The van der Waals surface area contributed by atoms with E-state index < -0.39 is 0 Å². The van der Waals surface area contributed by atoms with Crippen molar-refractivity contribution in [1.82, 2.24) is 4.98 Å². The predicted molar refractivity (Wildman–Crippen MR) is 82.2 cm³/mol. The topological polar surface area (TPSA) is 42.0 Å². The van der Waals surface area contributed by atoms with E-state index in [0.717, 1.165) is 12.0 Å². The molecule has 2 rings (SSSR count). The van der Waals surface area contributed by atoms with Gasteiger partial charge in [0.1, 0.15) is 5.82 Å². The summed E-state index contributed by atoms with van der Waals surface area (Å²) in [6, 6.07) is 11.5. The Bertz CT molecular complexity index is 590. The summed E-state index contributed by atoms with van der Waals surface area (Å²) < 4.78 is 0. The van der Waals surface area contributed by atoms with Gasteiger partial charge in [-0.25, -0.2) is 4.98 Å². The first kappa shape index (κ1) is 14.3. The summed E-state index contributed by atoms with van der Waals surface area (Å²) in [5.41, 5.74) is 2.46. The number of carbonyl (C=O) groups is 1. The highest BCUT2D eigenvalue weighted by molar-refractivity contribution is 6.11. The van der Waals surface area contributed by atoms with Crippen LogP contribution in [0.2, 0.25) is 0 Å². The molecule has 0 radical (unpaired) electrons. The van der Waals surface area contributed by atoms with Gasteiger partial charge in [0.2, 0.25) is 0 Å². The number of aryl methyl sites for hydroxylation is 1. The van der Waals surface area contributed by atoms with Crippen LogP contribution in [-0.4, -0.2) is 16.8 Å². The molecule has 0 amide bonds. The molecule has 1 aromatic heterocycles. The fraction of sp³-hybridized carbons (Fsp3) is 0.294. The minimum atomic E-state index is 0.00361. The van der Waals surface area contributed by atoms with Crippen LogP contribution in [0.5, 0.6) is 0 Å². The van der Waals surface area contributed by atoms with E-state index >= 15 is 0 Å². The van der Waals surface area contributed by atoms with Crippen LogP contribution < -0.4 is 5.32 Å². The summed E-state index contributed by atoms with van der Waals surface area (Å²) in [4.78, 5) is 16.9. The zero-order valence-corrected chi connectivity index (χ0v) is 12.2. The summed E-state index contributed by atoms with van der Waals surface area (Å²) in [5, 5.41) is 3.29. The van der Waals surface area contributed by atoms with Crippen LogP contribution in [0.15, 0.2) is 42.6 Å². The van der Waals surface area contributed by atoms with Crippen molar-refractivity contribution in [3.05, 3.63) is 59.3 Å². The molecule has 1 heterocycles. The average molecular weight is 268 g/mol. The highest BCUT2D eigenvalue weighted by Gasteiger charge is 2.15. The Kier molecular flexibility index (Phi) is 4.51. The van der Waals surface area contributed by atoms with E-state index in [4.69, 9.17) is 0 Å². The Balaban J connectivity index is 2.32. The van der Waals surface area contributed by atoms with Crippen molar-refractivity contribution in [2.45, 2.75) is 33.2 Å². The summed E-state index contributed by atoms with van der Waals surface area (Å²) in [7, 11) is 0. The van der Waals surface area contributed by atoms with Gasteiger partial charge in [-0.2, -0.15) is 0 Å². The molecule has 3 nitrogen and oxygen atoms in total. The van der Waals surface area contributed by atoms with Crippen molar-refractivity contribution in [1.29, 1.82) is 0 Å². The van der Waals surface area contributed by atoms with Gasteiger partial charge < -0.3 is 5.32 Å². The monoisotopic (exact) mass is 268 g/mol. The largest absolute Gasteiger partial charge is 0.367 e. The lowest BCUT2D eigenvalue weighted by atomic mass is 10.0. The maximum atomic E-state index is 12.6. The number of pyridine rings is 1. The molecular formula is C17H20N2O. The number of carbonyl (C=O) groups excluding carboxylic acids is 1. The first-order chi connectivity index (χ1) is 9.61. The minimum Gasteiger partial charge on any atom is -0.367 e. The fourth-order valence-electron chi connectivity index (χ4n) is 1.90. The number of hydrogen-bond donors (Lipinski definition) is 1. The summed E-state index contributed by atoms with van der Waals surface area (Å²) >= 11 is 0. The molecule has 0 spiro atoms. The molecular weight excluding hydrogens is 248 g/mol. The smallest absolute Gasteiger partial charge is 0.196 e. The molecule has 0 bridgehead atoms. The Morgan fingerprint density at radius 3 is 2.60 bits per heavy atom. The van der Waals surface area contributed by atoms with Crippen molar-refractivity contribution < 1.29 is 4.79 Å². The second kappa shape index (κ2) is 6.33. The Morgan fingerprint density at radius 1 is 1.25 bits per heavy atom. The quantitative estimate of drug-likeness (QED) is 0.838. The second-order valence-electron chi connectivity index (χ2n) is 5.05. The van der Waals surface area contributed by atoms with Gasteiger partial charge in [0.15, 0.2) is 5.78 Å². The van der Waals surface area contributed by atoms with Crippen LogP contribution >= 0.6 is 0 Å². The molecule has 1 unspecified atom stereocenters. The van der Waals surface area contributed by atoms with Crippen LogP contribution in [0.1, 0.15) is 41.8 Å². The molecule has 1 N–H and O–H groups in total. The minimum absolute atomic E-state index is 0.00361. The first-order valence-electron chi connectivity index (χ1n) is 6.94. The Hall–Kier alpha value is -2.16. The highest BCUT2D eigenvalue weighted by atomic mass is 16.1. The number of hydrogen-bond acceptors (Lipinski definition) is 3. The molecule has 0 saturated carbocycles. The highest BCUT2D eigenvalue weighted by Crippen LogP contribution is 2.18. The van der Waals surface area contributed by atoms with E-state index in [1.807, 2.05) is 37.3 Å². The number of rotatable bonds is 5. The fourth-order valence-corrected chi connectivity index (χ4v) is 1.90. The van der Waals surface area contributed by atoms with Crippen LogP contribution in [0.4, 0.5) is 5.82 Å². The molecule has 0 aliphatic heterocycles. The lowest BCUT2D eigenvalue weighted by Gasteiger charge is -2.15. The summed E-state index contributed by atoms with van der Waals surface area (Å²) in [6.07, 6.45) is 2.69. The van der Waals surface area contributed by atoms with Gasteiger partial charge in [-0.3, -0.25) is 4.79 Å². The molecule has 104 valence electrons. The third-order valence-corrected chi connectivity index (χ3v) is 3.36. The van der Waals surface area contributed by atoms with Gasteiger partial charge in [-0.1, -0.05) is 36.8 Å². The molecule has 20 heavy (non-hydrogen) atoms. The normalized spacial score (nSPS) is 11.9. The molecule has 2 aromatic rings. The van der Waals surface area contributed by atoms with E-state index in [1.165, 1.54) is 0 Å². The van der Waals surface area contributed by atoms with E-state index in [9.17, 15) is 4.79 Å². The maximum Gasteiger partial charge on any atom is 0.196 e. The van der Waals surface area contributed by atoms with E-state index in [1.54, 1.807) is 12.3 Å². The molecule has 1 aromatic carbocycles. The van der Waals surface area contributed by atoms with Crippen molar-refractivity contribution in [3.63, 3.8) is 0 Å². The van der Waals surface area contributed by atoms with E-state index in [-0.39, 0.29) is 11.8 Å². The standard InChI is InChI=1S/C17H20N2O/c1-4-13(3)19-17-15(6-5-11-18-17)16(20)14-9-7-12(2)8-10-14/h5-11,13H,4H2,1-3H3,(H,18,19). The average Bonchev–Trinajstić information content (AvgIpc) is 2.48. The molecule has 0 fully saturated rings. The van der Waals surface area contributed by atoms with Crippen LogP contribution in [0.3, 0.4) is 0 Å². The van der Waals surface area contributed by atoms with Crippen molar-refractivity contribution >= 4 is 11.6 Å². The predicted octanol–water partition coefficient (Wildman–Crippen LogP) is 3.83. The van der Waals surface area contributed by atoms with Gasteiger partial charge in [-0.05, 0) is 32.4 Å². The van der Waals surface area contributed by atoms with Gasteiger partial charge in [0, 0.05) is 17.8 Å². The van der Waals surface area contributed by atoms with Gasteiger partial charge in [0.05, 0.1) is 5.56 Å². The Labute approximate surface area is 120 Å². The van der Waals surface area contributed by atoms with E-state index in [2.05, 4.69) is 24.1 Å². The van der Waals surface area contributed by atoms with Crippen molar-refractivity contribution in [2.75, 3.05) is 5.32 Å². The van der Waals surface area contributed by atoms with Crippen LogP contribution in [-0.2, 0) is 0 Å². The lowest BCUT2D eigenvalue weighted by molar-refractivity contribution is 0.103. The van der Waals surface area contributed by atoms with Gasteiger partial charge >= 0.3 is 0 Å². The van der Waals surface area contributed by atoms with Crippen LogP contribution in [0.25, 0.3) is 0 Å².